The van der Waals surface area contributed by atoms with Gasteiger partial charge in [0.1, 0.15) is 0 Å². The van der Waals surface area contributed by atoms with Crippen molar-refractivity contribution < 1.29 is 0 Å². The van der Waals surface area contributed by atoms with Crippen molar-refractivity contribution >= 4 is 65.2 Å². The molecule has 0 saturated carbocycles. The molecule has 116 valence electrons. The zero-order chi connectivity index (χ0) is 15.7. The number of thiophene rings is 2. The Morgan fingerprint density at radius 3 is 1.33 bits per heavy atom. The molecule has 0 N–H and O–H groups in total. The van der Waals surface area contributed by atoms with Crippen molar-refractivity contribution in [3.05, 3.63) is 34.0 Å². The molecule has 0 amide bonds. The summed E-state index contributed by atoms with van der Waals surface area (Å²) in [5.74, 6) is 0. The van der Waals surface area contributed by atoms with Crippen molar-refractivity contribution in [2.45, 2.75) is 48.9 Å². The van der Waals surface area contributed by atoms with E-state index in [1.54, 1.807) is 15.5 Å². The fourth-order valence-electron chi connectivity index (χ4n) is 2.27. The van der Waals surface area contributed by atoms with Crippen LogP contribution in [0.2, 0.25) is 29.6 Å². The predicted molar refractivity (Wildman–Crippen MR) is 107 cm³/mol. The summed E-state index contributed by atoms with van der Waals surface area (Å²) in [4.78, 5) is 18.3. The van der Waals surface area contributed by atoms with E-state index in [0.717, 1.165) is 0 Å². The number of rotatable bonds is 6. The van der Waals surface area contributed by atoms with Gasteiger partial charge in [-0.15, -0.1) is 0 Å². The molecule has 0 radical (unpaired) electrons. The van der Waals surface area contributed by atoms with Crippen molar-refractivity contribution in [3.8, 4) is 0 Å². The first kappa shape index (κ1) is 18.3. The van der Waals surface area contributed by atoms with Gasteiger partial charge in [-0.3, -0.25) is 0 Å². The first-order chi connectivity index (χ1) is 9.66. The van der Waals surface area contributed by atoms with Crippen LogP contribution in [0.15, 0.2) is 24.3 Å². The van der Waals surface area contributed by atoms with Gasteiger partial charge in [-0.2, -0.15) is 0 Å². The molecule has 0 aliphatic heterocycles. The fraction of sp³-hybridized carbons (Fsp3) is 0.529. The van der Waals surface area contributed by atoms with E-state index in [0.29, 0.717) is 0 Å². The van der Waals surface area contributed by atoms with Crippen LogP contribution in [-0.2, 0) is 12.8 Å². The van der Waals surface area contributed by atoms with E-state index in [1.807, 2.05) is 0 Å². The Bertz CT molecular complexity index is 530. The van der Waals surface area contributed by atoms with Gasteiger partial charge in [-0.05, 0) is 0 Å². The van der Waals surface area contributed by atoms with Crippen molar-refractivity contribution in [2.24, 2.45) is 0 Å². The van der Waals surface area contributed by atoms with E-state index in [2.05, 4.69) is 76.6 Å². The molecule has 2 heterocycles. The molecule has 0 nitrogen and oxygen atoms in total. The van der Waals surface area contributed by atoms with Crippen LogP contribution in [0.25, 0.3) is 0 Å². The van der Waals surface area contributed by atoms with Gasteiger partial charge in [0.2, 0.25) is 0 Å². The summed E-state index contributed by atoms with van der Waals surface area (Å²) in [6.45, 7) is 0. The van der Waals surface area contributed by atoms with Crippen molar-refractivity contribution in [3.63, 3.8) is 0 Å². The van der Waals surface area contributed by atoms with Gasteiger partial charge in [-0.1, -0.05) is 0 Å². The van der Waals surface area contributed by atoms with Crippen LogP contribution in [0, 0.1) is 0 Å². The predicted octanol–water partition coefficient (Wildman–Crippen LogP) is 5.08. The van der Waals surface area contributed by atoms with E-state index in [-0.39, 0.29) is 0 Å². The quantitative estimate of drug-likeness (QED) is 0.455. The zero-order valence-corrected chi connectivity index (χ0v) is 21.6. The van der Waals surface area contributed by atoms with Crippen LogP contribution in [0.3, 0.4) is 0 Å². The van der Waals surface area contributed by atoms with Crippen molar-refractivity contribution in [1.82, 2.24) is 0 Å². The normalized spacial score (nSPS) is 12.9. The second kappa shape index (κ2) is 7.26. The molecule has 2 aromatic heterocycles. The minimum absolute atomic E-state index is 1.26. The average Bonchev–Trinajstić information content (AvgIpc) is 2.95. The van der Waals surface area contributed by atoms with Gasteiger partial charge in [-0.25, -0.2) is 0 Å². The Hall–Kier alpha value is 0.997. The van der Waals surface area contributed by atoms with Crippen LogP contribution < -0.4 is 5.79 Å². The fourth-order valence-corrected chi connectivity index (χ4v) is 15.3. The van der Waals surface area contributed by atoms with Crippen molar-refractivity contribution in [1.29, 1.82) is 0 Å². The second-order valence-electron chi connectivity index (χ2n) is 7.89. The molecule has 0 spiro atoms. The van der Waals surface area contributed by atoms with Gasteiger partial charge in [0.25, 0.3) is 0 Å². The topological polar surface area (TPSA) is 0 Å². The summed E-state index contributed by atoms with van der Waals surface area (Å²) in [7, 11) is 0. The molecular formula is C17H28S2Sn2. The van der Waals surface area contributed by atoms with E-state index in [4.69, 9.17) is 0 Å². The number of hydrogen-bond acceptors (Lipinski definition) is 2. The molecule has 0 aliphatic rings. The Morgan fingerprint density at radius 1 is 0.667 bits per heavy atom. The molecular weight excluding hydrogens is 506 g/mol. The maximum absolute atomic E-state index is 2.51. The Kier molecular flexibility index (Phi) is 6.34. The molecule has 0 aliphatic carbocycles. The molecule has 2 rings (SSSR count). The second-order valence-corrected chi connectivity index (χ2v) is 41.1. The Labute approximate surface area is 146 Å². The summed E-state index contributed by atoms with van der Waals surface area (Å²) >= 11 is 0.535. The molecule has 21 heavy (non-hydrogen) atoms. The van der Waals surface area contributed by atoms with E-state index in [1.165, 1.54) is 19.3 Å². The van der Waals surface area contributed by atoms with Crippen LogP contribution in [0.4, 0.5) is 0 Å². The summed E-state index contributed by atoms with van der Waals surface area (Å²) in [6, 6.07) is 9.59. The van der Waals surface area contributed by atoms with Crippen molar-refractivity contribution in [2.75, 3.05) is 0 Å². The standard InChI is InChI=1S/C11H10S2.6CH3.2Sn/c1(4-10-6-2-8-12-10)5-11-7-3-9-13-11;;;;;;;;/h2-3,6-7H,1,4-5H2;6*1H3;;. The van der Waals surface area contributed by atoms with Gasteiger partial charge < -0.3 is 0 Å². The van der Waals surface area contributed by atoms with Crippen LogP contribution in [-0.4, -0.2) is 36.8 Å². The summed E-state index contributed by atoms with van der Waals surface area (Å²) in [5, 5.41) is 0. The molecule has 2 aromatic rings. The average molecular weight is 534 g/mol. The first-order valence-electron chi connectivity index (χ1n) is 7.84. The summed E-state index contributed by atoms with van der Waals surface area (Å²) in [5.41, 5.74) is 0. The third kappa shape index (κ3) is 5.54. The third-order valence-electron chi connectivity index (χ3n) is 3.65. The van der Waals surface area contributed by atoms with E-state index < -0.39 is 36.8 Å². The molecule has 0 saturated heterocycles. The molecule has 4 heteroatoms. The SMILES string of the molecule is [CH3][Sn]([CH3])([CH3])[c]1ccc(CCCc2cc[c]([Sn]([CH3])([CH3])[CH3])s2)s1. The number of aryl methyl sites for hydroxylation is 2. The molecule has 0 fully saturated rings. The monoisotopic (exact) mass is 536 g/mol. The minimum atomic E-state index is -1.82. The molecule has 0 unspecified atom stereocenters. The maximum atomic E-state index is 2.51. The van der Waals surface area contributed by atoms with Crippen LogP contribution in [0.5, 0.6) is 0 Å². The molecule has 0 aromatic carbocycles. The van der Waals surface area contributed by atoms with Gasteiger partial charge in [0.05, 0.1) is 0 Å². The van der Waals surface area contributed by atoms with Crippen LogP contribution in [0.1, 0.15) is 16.2 Å². The summed E-state index contributed by atoms with van der Waals surface area (Å²) in [6.07, 6.45) is 3.83. The first-order valence-corrected chi connectivity index (χ1v) is 29.5. The van der Waals surface area contributed by atoms with E-state index in [9.17, 15) is 0 Å². The van der Waals surface area contributed by atoms with Gasteiger partial charge in [0, 0.05) is 0 Å². The van der Waals surface area contributed by atoms with Crippen LogP contribution >= 0.6 is 22.7 Å². The Morgan fingerprint density at radius 2 is 1.05 bits per heavy atom. The molecule has 0 bridgehead atoms. The summed E-state index contributed by atoms with van der Waals surface area (Å²) < 4.78 is 3.44. The third-order valence-corrected chi connectivity index (χ3v) is 24.9. The Balaban J connectivity index is 1.87. The van der Waals surface area contributed by atoms with Gasteiger partial charge in [0.15, 0.2) is 0 Å². The van der Waals surface area contributed by atoms with E-state index >= 15 is 0 Å². The molecule has 0 atom stereocenters. The van der Waals surface area contributed by atoms with Gasteiger partial charge >= 0.3 is 148 Å². The zero-order valence-electron chi connectivity index (χ0n) is 14.2. The number of hydrogen-bond donors (Lipinski definition) is 0.